The first-order chi connectivity index (χ1) is 9.93. The van der Waals surface area contributed by atoms with E-state index in [0.717, 1.165) is 17.5 Å². The van der Waals surface area contributed by atoms with E-state index in [0.29, 0.717) is 10.0 Å². The van der Waals surface area contributed by atoms with Crippen molar-refractivity contribution in [2.75, 3.05) is 7.05 Å². The second-order valence-corrected chi connectivity index (χ2v) is 7.18. The Hall–Kier alpha value is -1.43. The molecule has 0 spiro atoms. The van der Waals surface area contributed by atoms with Gasteiger partial charge >= 0.3 is 0 Å². The van der Waals surface area contributed by atoms with Gasteiger partial charge in [0.15, 0.2) is 0 Å². The molecule has 6 heteroatoms. The first-order valence-corrected chi connectivity index (χ1v) is 8.41. The van der Waals surface area contributed by atoms with Crippen molar-refractivity contribution in [3.05, 3.63) is 58.9 Å². The van der Waals surface area contributed by atoms with Crippen LogP contribution in [0.3, 0.4) is 0 Å². The fraction of sp³-hybridized carbons (Fsp3) is 0.267. The van der Waals surface area contributed by atoms with Gasteiger partial charge < -0.3 is 0 Å². The minimum atomic E-state index is -3.50. The van der Waals surface area contributed by atoms with Crippen molar-refractivity contribution in [3.63, 3.8) is 0 Å². The molecule has 0 aliphatic carbocycles. The highest BCUT2D eigenvalue weighted by molar-refractivity contribution is 7.89. The highest BCUT2D eigenvalue weighted by Gasteiger charge is 2.20. The van der Waals surface area contributed by atoms with Gasteiger partial charge in [0.05, 0.1) is 4.90 Å². The third kappa shape index (κ3) is 3.81. The van der Waals surface area contributed by atoms with Crippen LogP contribution >= 0.6 is 11.6 Å². The minimum Gasteiger partial charge on any atom is -0.244 e. The Balaban J connectivity index is 2.19. The molecular weight excluding hydrogens is 308 g/mol. The molecular formula is C15H17ClN2O2S. The van der Waals surface area contributed by atoms with E-state index in [2.05, 4.69) is 4.98 Å². The zero-order valence-electron chi connectivity index (χ0n) is 12.0. The van der Waals surface area contributed by atoms with Crippen LogP contribution in [0.25, 0.3) is 0 Å². The first-order valence-electron chi connectivity index (χ1n) is 6.59. The van der Waals surface area contributed by atoms with E-state index in [-0.39, 0.29) is 6.54 Å². The molecule has 0 saturated heterocycles. The number of hydrogen-bond donors (Lipinski definition) is 0. The molecule has 4 nitrogen and oxygen atoms in total. The van der Waals surface area contributed by atoms with E-state index < -0.39 is 10.0 Å². The summed E-state index contributed by atoms with van der Waals surface area (Å²) in [7, 11) is -1.95. The number of nitrogens with zero attached hydrogens (tertiary/aromatic N) is 2. The Kier molecular flexibility index (Phi) is 4.98. The van der Waals surface area contributed by atoms with Gasteiger partial charge in [-0.15, -0.1) is 0 Å². The molecule has 0 amide bonds. The Morgan fingerprint density at radius 3 is 2.24 bits per heavy atom. The maximum atomic E-state index is 12.5. The predicted molar refractivity (Wildman–Crippen MR) is 83.7 cm³/mol. The molecule has 0 N–H and O–H groups in total. The molecule has 0 radical (unpaired) electrons. The summed E-state index contributed by atoms with van der Waals surface area (Å²) in [5.41, 5.74) is 1.90. The fourth-order valence-corrected chi connectivity index (χ4v) is 3.19. The molecule has 0 saturated carbocycles. The van der Waals surface area contributed by atoms with Gasteiger partial charge in [-0.05, 0) is 35.7 Å². The van der Waals surface area contributed by atoms with Crippen LogP contribution in [0.15, 0.2) is 47.5 Å². The second kappa shape index (κ2) is 6.56. The maximum Gasteiger partial charge on any atom is 0.243 e. The van der Waals surface area contributed by atoms with Crippen LogP contribution in [0.5, 0.6) is 0 Å². The molecule has 2 aromatic rings. The molecule has 0 fully saturated rings. The number of halogens is 1. The Morgan fingerprint density at radius 1 is 1.10 bits per heavy atom. The van der Waals surface area contributed by atoms with Crippen LogP contribution in [0, 0.1) is 0 Å². The summed E-state index contributed by atoms with van der Waals surface area (Å²) in [6.07, 6.45) is 2.46. The van der Waals surface area contributed by atoms with Gasteiger partial charge in [0.2, 0.25) is 10.0 Å². The standard InChI is InChI=1S/C15H17ClN2O2S/c1-3-12-4-7-14(8-5-12)21(19,20)18(2)11-13-6-9-15(16)17-10-13/h4-10H,3,11H2,1-2H3. The van der Waals surface area contributed by atoms with E-state index in [1.54, 1.807) is 37.5 Å². The van der Waals surface area contributed by atoms with Crippen molar-refractivity contribution in [2.24, 2.45) is 0 Å². The monoisotopic (exact) mass is 324 g/mol. The summed E-state index contributed by atoms with van der Waals surface area (Å²) < 4.78 is 26.3. The maximum absolute atomic E-state index is 12.5. The van der Waals surface area contributed by atoms with E-state index >= 15 is 0 Å². The summed E-state index contributed by atoms with van der Waals surface area (Å²) in [4.78, 5) is 4.25. The zero-order chi connectivity index (χ0) is 15.5. The normalized spacial score (nSPS) is 11.8. The molecule has 2 rings (SSSR count). The first kappa shape index (κ1) is 15.9. The summed E-state index contributed by atoms with van der Waals surface area (Å²) in [6.45, 7) is 2.28. The van der Waals surface area contributed by atoms with Crippen LogP contribution in [0.4, 0.5) is 0 Å². The Morgan fingerprint density at radius 2 is 1.71 bits per heavy atom. The molecule has 21 heavy (non-hydrogen) atoms. The smallest absolute Gasteiger partial charge is 0.243 e. The lowest BCUT2D eigenvalue weighted by atomic mass is 10.2. The Labute approximate surface area is 130 Å². The summed E-state index contributed by atoms with van der Waals surface area (Å²) in [5.74, 6) is 0. The quantitative estimate of drug-likeness (QED) is 0.794. The molecule has 0 bridgehead atoms. The molecule has 1 aromatic carbocycles. The van der Waals surface area contributed by atoms with E-state index in [1.807, 2.05) is 19.1 Å². The highest BCUT2D eigenvalue weighted by atomic mass is 35.5. The summed E-state index contributed by atoms with van der Waals surface area (Å²) in [6, 6.07) is 10.4. The van der Waals surface area contributed by atoms with Crippen molar-refractivity contribution < 1.29 is 8.42 Å². The van der Waals surface area contributed by atoms with Crippen molar-refractivity contribution in [2.45, 2.75) is 24.8 Å². The Bertz CT molecular complexity index is 697. The van der Waals surface area contributed by atoms with Gasteiger partial charge in [0.25, 0.3) is 0 Å². The lowest BCUT2D eigenvalue weighted by Crippen LogP contribution is -2.26. The number of rotatable bonds is 5. The molecule has 0 aliphatic heterocycles. The van der Waals surface area contributed by atoms with Gasteiger partial charge in [-0.25, -0.2) is 13.4 Å². The summed E-state index contributed by atoms with van der Waals surface area (Å²) >= 11 is 5.72. The number of pyridine rings is 1. The third-order valence-electron chi connectivity index (χ3n) is 3.23. The topological polar surface area (TPSA) is 50.3 Å². The van der Waals surface area contributed by atoms with Gasteiger partial charge in [-0.2, -0.15) is 4.31 Å². The number of hydrogen-bond acceptors (Lipinski definition) is 3. The van der Waals surface area contributed by atoms with Gasteiger partial charge in [0.1, 0.15) is 5.15 Å². The number of aromatic nitrogens is 1. The predicted octanol–water partition coefficient (Wildman–Crippen LogP) is 3.12. The average Bonchev–Trinajstić information content (AvgIpc) is 2.49. The van der Waals surface area contributed by atoms with Gasteiger partial charge in [0, 0.05) is 19.8 Å². The summed E-state index contributed by atoms with van der Waals surface area (Å²) in [5, 5.41) is 0.388. The molecule has 0 aliphatic rings. The van der Waals surface area contributed by atoms with Crippen LogP contribution in [0.1, 0.15) is 18.1 Å². The average molecular weight is 325 g/mol. The largest absolute Gasteiger partial charge is 0.244 e. The zero-order valence-corrected chi connectivity index (χ0v) is 13.5. The fourth-order valence-electron chi connectivity index (χ4n) is 1.92. The van der Waals surface area contributed by atoms with E-state index in [4.69, 9.17) is 11.6 Å². The van der Waals surface area contributed by atoms with Crippen LogP contribution < -0.4 is 0 Å². The van der Waals surface area contributed by atoms with Crippen molar-refractivity contribution >= 4 is 21.6 Å². The lowest BCUT2D eigenvalue weighted by molar-refractivity contribution is 0.466. The van der Waals surface area contributed by atoms with E-state index in [1.165, 1.54) is 4.31 Å². The molecule has 0 unspecified atom stereocenters. The molecule has 1 aromatic heterocycles. The minimum absolute atomic E-state index is 0.252. The van der Waals surface area contributed by atoms with Gasteiger partial charge in [-0.1, -0.05) is 36.7 Å². The number of aryl methyl sites for hydroxylation is 1. The van der Waals surface area contributed by atoms with Gasteiger partial charge in [-0.3, -0.25) is 0 Å². The molecule has 112 valence electrons. The molecule has 0 atom stereocenters. The van der Waals surface area contributed by atoms with Crippen molar-refractivity contribution in [3.8, 4) is 0 Å². The number of benzene rings is 1. The SMILES string of the molecule is CCc1ccc(S(=O)(=O)N(C)Cc2ccc(Cl)nc2)cc1. The van der Waals surface area contributed by atoms with Crippen LogP contribution in [-0.4, -0.2) is 24.8 Å². The van der Waals surface area contributed by atoms with Crippen LogP contribution in [0.2, 0.25) is 5.15 Å². The second-order valence-electron chi connectivity index (χ2n) is 4.75. The van der Waals surface area contributed by atoms with Crippen molar-refractivity contribution in [1.29, 1.82) is 0 Å². The lowest BCUT2D eigenvalue weighted by Gasteiger charge is -2.17. The third-order valence-corrected chi connectivity index (χ3v) is 5.27. The molecule has 1 heterocycles. The highest BCUT2D eigenvalue weighted by Crippen LogP contribution is 2.18. The van der Waals surface area contributed by atoms with Crippen LogP contribution in [-0.2, 0) is 23.0 Å². The van der Waals surface area contributed by atoms with Crippen molar-refractivity contribution in [1.82, 2.24) is 9.29 Å². The van der Waals surface area contributed by atoms with E-state index in [9.17, 15) is 8.42 Å². The number of sulfonamides is 1.